The molecule has 0 bridgehead atoms. The van der Waals surface area contributed by atoms with E-state index in [1.807, 2.05) is 0 Å². The SMILES string of the molecule is O=C(OCCO)C1CCSC1. The van der Waals surface area contributed by atoms with Gasteiger partial charge in [-0.05, 0) is 12.2 Å². The fourth-order valence-corrected chi connectivity index (χ4v) is 2.19. The lowest BCUT2D eigenvalue weighted by Gasteiger charge is -2.06. The largest absolute Gasteiger partial charge is 0.463 e. The number of rotatable bonds is 3. The summed E-state index contributed by atoms with van der Waals surface area (Å²) >= 11 is 1.78. The van der Waals surface area contributed by atoms with Crippen molar-refractivity contribution in [1.29, 1.82) is 0 Å². The van der Waals surface area contributed by atoms with Crippen LogP contribution in [0.3, 0.4) is 0 Å². The van der Waals surface area contributed by atoms with E-state index in [4.69, 9.17) is 9.84 Å². The van der Waals surface area contributed by atoms with Crippen LogP contribution in [0.2, 0.25) is 0 Å². The molecule has 0 saturated carbocycles. The molecule has 1 fully saturated rings. The number of ether oxygens (including phenoxy) is 1. The molecule has 3 nitrogen and oxygen atoms in total. The molecule has 4 heteroatoms. The van der Waals surface area contributed by atoms with Crippen molar-refractivity contribution in [1.82, 2.24) is 0 Å². The highest BCUT2D eigenvalue weighted by molar-refractivity contribution is 7.99. The first-order valence-electron chi connectivity index (χ1n) is 3.70. The van der Waals surface area contributed by atoms with Crippen LogP contribution in [0.4, 0.5) is 0 Å². The van der Waals surface area contributed by atoms with Crippen LogP contribution in [0.15, 0.2) is 0 Å². The average molecular weight is 176 g/mol. The lowest BCUT2D eigenvalue weighted by atomic mass is 10.1. The van der Waals surface area contributed by atoms with E-state index in [0.29, 0.717) is 0 Å². The minimum Gasteiger partial charge on any atom is -0.463 e. The molecule has 1 atom stereocenters. The highest BCUT2D eigenvalue weighted by Crippen LogP contribution is 2.24. The molecular weight excluding hydrogens is 164 g/mol. The normalized spacial score (nSPS) is 23.5. The molecule has 1 aliphatic heterocycles. The van der Waals surface area contributed by atoms with Gasteiger partial charge in [0.25, 0.3) is 0 Å². The van der Waals surface area contributed by atoms with Gasteiger partial charge in [-0.15, -0.1) is 0 Å². The third-order valence-corrected chi connectivity index (χ3v) is 2.76. The Labute approximate surface area is 70.1 Å². The number of carbonyl (C=O) groups excluding carboxylic acids is 1. The smallest absolute Gasteiger partial charge is 0.309 e. The quantitative estimate of drug-likeness (QED) is 0.627. The number of hydrogen-bond donors (Lipinski definition) is 1. The number of hydrogen-bond acceptors (Lipinski definition) is 4. The van der Waals surface area contributed by atoms with Crippen molar-refractivity contribution in [2.24, 2.45) is 5.92 Å². The summed E-state index contributed by atoms with van der Waals surface area (Å²) < 4.78 is 4.77. The maximum Gasteiger partial charge on any atom is 0.309 e. The Hall–Kier alpha value is -0.220. The molecule has 11 heavy (non-hydrogen) atoms. The lowest BCUT2D eigenvalue weighted by Crippen LogP contribution is -2.18. The van der Waals surface area contributed by atoms with E-state index >= 15 is 0 Å². The van der Waals surface area contributed by atoms with Crippen LogP contribution in [0, 0.1) is 5.92 Å². The molecule has 1 heterocycles. The molecule has 64 valence electrons. The molecule has 1 rings (SSSR count). The maximum absolute atomic E-state index is 11.1. The highest BCUT2D eigenvalue weighted by Gasteiger charge is 2.24. The Morgan fingerprint density at radius 1 is 1.73 bits per heavy atom. The zero-order valence-electron chi connectivity index (χ0n) is 6.28. The molecule has 0 aromatic heterocycles. The van der Waals surface area contributed by atoms with E-state index in [1.54, 1.807) is 11.8 Å². The Morgan fingerprint density at radius 3 is 3.09 bits per heavy atom. The highest BCUT2D eigenvalue weighted by atomic mass is 32.2. The second-order valence-corrected chi connectivity index (χ2v) is 3.60. The summed E-state index contributed by atoms with van der Waals surface area (Å²) in [6, 6.07) is 0. The Balaban J connectivity index is 2.17. The van der Waals surface area contributed by atoms with Gasteiger partial charge in [0.1, 0.15) is 6.61 Å². The van der Waals surface area contributed by atoms with Crippen LogP contribution in [0.5, 0.6) is 0 Å². The maximum atomic E-state index is 11.1. The second kappa shape index (κ2) is 4.62. The van der Waals surface area contributed by atoms with Crippen molar-refractivity contribution in [2.45, 2.75) is 6.42 Å². The molecule has 0 aromatic carbocycles. The minimum absolute atomic E-state index is 0.0755. The third-order valence-electron chi connectivity index (χ3n) is 1.60. The zero-order valence-corrected chi connectivity index (χ0v) is 7.10. The first-order chi connectivity index (χ1) is 5.34. The second-order valence-electron chi connectivity index (χ2n) is 2.45. The first-order valence-corrected chi connectivity index (χ1v) is 4.85. The van der Waals surface area contributed by atoms with Gasteiger partial charge in [0, 0.05) is 5.75 Å². The fraction of sp³-hybridized carbons (Fsp3) is 0.857. The third kappa shape index (κ3) is 2.71. The van der Waals surface area contributed by atoms with Crippen LogP contribution in [-0.2, 0) is 9.53 Å². The van der Waals surface area contributed by atoms with E-state index in [0.717, 1.165) is 17.9 Å². The van der Waals surface area contributed by atoms with Gasteiger partial charge in [0.05, 0.1) is 12.5 Å². The van der Waals surface area contributed by atoms with E-state index in [2.05, 4.69) is 0 Å². The number of aliphatic hydroxyl groups is 1. The van der Waals surface area contributed by atoms with Gasteiger partial charge < -0.3 is 9.84 Å². The molecular formula is C7H12O3S. The predicted octanol–water partition coefficient (Wildman–Crippen LogP) is 0.275. The van der Waals surface area contributed by atoms with Crippen LogP contribution in [-0.4, -0.2) is 35.8 Å². The van der Waals surface area contributed by atoms with Gasteiger partial charge >= 0.3 is 5.97 Å². The van der Waals surface area contributed by atoms with Crippen molar-refractivity contribution < 1.29 is 14.6 Å². The molecule has 0 amide bonds. The molecule has 1 aliphatic rings. The molecule has 0 aromatic rings. The minimum atomic E-state index is -0.149. The molecule has 0 spiro atoms. The zero-order chi connectivity index (χ0) is 8.10. The first kappa shape index (κ1) is 8.87. The lowest BCUT2D eigenvalue weighted by molar-refractivity contribution is -0.148. The number of aliphatic hydroxyl groups excluding tert-OH is 1. The monoisotopic (exact) mass is 176 g/mol. The van der Waals surface area contributed by atoms with Crippen LogP contribution < -0.4 is 0 Å². The van der Waals surface area contributed by atoms with Gasteiger partial charge in [0.2, 0.25) is 0 Å². The molecule has 0 aliphatic carbocycles. The molecule has 0 radical (unpaired) electrons. The van der Waals surface area contributed by atoms with Gasteiger partial charge in [-0.25, -0.2) is 0 Å². The molecule has 1 N–H and O–H groups in total. The van der Waals surface area contributed by atoms with Crippen LogP contribution in [0.25, 0.3) is 0 Å². The Bertz CT molecular complexity index is 132. The summed E-state index contributed by atoms with van der Waals surface area (Å²) in [5.74, 6) is 1.86. The topological polar surface area (TPSA) is 46.5 Å². The van der Waals surface area contributed by atoms with Crippen molar-refractivity contribution in [3.8, 4) is 0 Å². The van der Waals surface area contributed by atoms with E-state index in [1.165, 1.54) is 0 Å². The summed E-state index contributed by atoms with van der Waals surface area (Å²) in [5.41, 5.74) is 0. The Morgan fingerprint density at radius 2 is 2.55 bits per heavy atom. The van der Waals surface area contributed by atoms with Crippen molar-refractivity contribution >= 4 is 17.7 Å². The number of carbonyl (C=O) groups is 1. The van der Waals surface area contributed by atoms with Crippen LogP contribution in [0.1, 0.15) is 6.42 Å². The standard InChI is InChI=1S/C7H12O3S/c8-2-3-10-7(9)6-1-4-11-5-6/h6,8H,1-5H2. The summed E-state index contributed by atoms with van der Waals surface area (Å²) in [6.45, 7) is 0.0611. The predicted molar refractivity (Wildman–Crippen MR) is 43.5 cm³/mol. The molecule has 1 unspecified atom stereocenters. The number of thioether (sulfide) groups is 1. The van der Waals surface area contributed by atoms with Crippen LogP contribution >= 0.6 is 11.8 Å². The van der Waals surface area contributed by atoms with Gasteiger partial charge in [-0.2, -0.15) is 11.8 Å². The van der Waals surface area contributed by atoms with Gasteiger partial charge in [-0.1, -0.05) is 0 Å². The summed E-state index contributed by atoms with van der Waals surface area (Å²) in [4.78, 5) is 11.1. The van der Waals surface area contributed by atoms with E-state index in [9.17, 15) is 4.79 Å². The van der Waals surface area contributed by atoms with Crippen molar-refractivity contribution in [3.05, 3.63) is 0 Å². The average Bonchev–Trinajstić information content (AvgIpc) is 2.52. The van der Waals surface area contributed by atoms with E-state index in [-0.39, 0.29) is 25.1 Å². The van der Waals surface area contributed by atoms with Gasteiger partial charge in [0.15, 0.2) is 0 Å². The summed E-state index contributed by atoms with van der Waals surface area (Å²) in [6.07, 6.45) is 0.926. The summed E-state index contributed by atoms with van der Waals surface area (Å²) in [5, 5.41) is 8.38. The number of esters is 1. The Kier molecular flexibility index (Phi) is 3.72. The van der Waals surface area contributed by atoms with Crippen molar-refractivity contribution in [3.63, 3.8) is 0 Å². The fourth-order valence-electron chi connectivity index (χ4n) is 0.984. The molecule has 1 saturated heterocycles. The van der Waals surface area contributed by atoms with E-state index < -0.39 is 0 Å². The summed E-state index contributed by atoms with van der Waals surface area (Å²) in [7, 11) is 0. The van der Waals surface area contributed by atoms with Crippen molar-refractivity contribution in [2.75, 3.05) is 24.7 Å². The van der Waals surface area contributed by atoms with Gasteiger partial charge in [-0.3, -0.25) is 4.79 Å².